The van der Waals surface area contributed by atoms with Crippen LogP contribution < -0.4 is 4.72 Å². The summed E-state index contributed by atoms with van der Waals surface area (Å²) in [5, 5.41) is 0.253. The van der Waals surface area contributed by atoms with E-state index in [1.54, 1.807) is 4.90 Å². The molecule has 0 saturated carbocycles. The van der Waals surface area contributed by atoms with E-state index in [4.69, 9.17) is 11.6 Å². The average Bonchev–Trinajstić information content (AvgIpc) is 2.74. The Labute approximate surface area is 183 Å². The van der Waals surface area contributed by atoms with Gasteiger partial charge in [-0.15, -0.1) is 0 Å². The van der Waals surface area contributed by atoms with Gasteiger partial charge in [0.15, 0.2) is 0 Å². The van der Waals surface area contributed by atoms with Crippen LogP contribution in [0.15, 0.2) is 47.4 Å². The van der Waals surface area contributed by atoms with Gasteiger partial charge < -0.3 is 4.90 Å². The number of rotatable bonds is 6. The third-order valence-corrected chi connectivity index (χ3v) is 7.20. The molecule has 0 atom stereocenters. The van der Waals surface area contributed by atoms with Crippen LogP contribution in [0.3, 0.4) is 0 Å². The van der Waals surface area contributed by atoms with E-state index in [-0.39, 0.29) is 21.4 Å². The van der Waals surface area contributed by atoms with Gasteiger partial charge in [0.25, 0.3) is 5.91 Å². The van der Waals surface area contributed by atoms with Crippen molar-refractivity contribution in [3.63, 3.8) is 0 Å². The molecule has 1 aliphatic rings. The van der Waals surface area contributed by atoms with Gasteiger partial charge in [-0.3, -0.25) is 9.69 Å². The largest absolute Gasteiger partial charge is 0.336 e. The molecule has 162 valence electrons. The van der Waals surface area contributed by atoms with Crippen molar-refractivity contribution in [3.05, 3.63) is 64.2 Å². The molecular formula is C22H28ClN3O3S. The van der Waals surface area contributed by atoms with E-state index in [1.165, 1.54) is 36.4 Å². The highest BCUT2D eigenvalue weighted by atomic mass is 35.5. The molecule has 8 heteroatoms. The smallest absolute Gasteiger partial charge is 0.255 e. The Morgan fingerprint density at radius 3 is 2.27 bits per heavy atom. The molecule has 2 aromatic carbocycles. The number of piperazine rings is 1. The number of hydrogen-bond acceptors (Lipinski definition) is 4. The zero-order valence-corrected chi connectivity index (χ0v) is 19.1. The highest BCUT2D eigenvalue weighted by Gasteiger charge is 2.25. The monoisotopic (exact) mass is 449 g/mol. The van der Waals surface area contributed by atoms with Gasteiger partial charge >= 0.3 is 0 Å². The van der Waals surface area contributed by atoms with Crippen molar-refractivity contribution in [1.29, 1.82) is 0 Å². The summed E-state index contributed by atoms with van der Waals surface area (Å²) >= 11 is 6.20. The second kappa shape index (κ2) is 9.47. The molecule has 1 N–H and O–H groups in total. The Balaban J connectivity index is 1.63. The summed E-state index contributed by atoms with van der Waals surface area (Å²) in [5.41, 5.74) is 2.80. The molecule has 0 spiro atoms. The van der Waals surface area contributed by atoms with Crippen LogP contribution in [0, 0.1) is 0 Å². The molecule has 0 aliphatic carbocycles. The van der Waals surface area contributed by atoms with Gasteiger partial charge in [-0.1, -0.05) is 49.7 Å². The van der Waals surface area contributed by atoms with E-state index in [2.05, 4.69) is 47.7 Å². The van der Waals surface area contributed by atoms with E-state index in [0.717, 1.165) is 19.6 Å². The quantitative estimate of drug-likeness (QED) is 0.734. The van der Waals surface area contributed by atoms with E-state index in [0.29, 0.717) is 19.0 Å². The van der Waals surface area contributed by atoms with Gasteiger partial charge in [-0.2, -0.15) is 0 Å². The van der Waals surface area contributed by atoms with Crippen LogP contribution >= 0.6 is 11.6 Å². The molecule has 1 fully saturated rings. The maximum atomic E-state index is 13.0. The van der Waals surface area contributed by atoms with Crippen molar-refractivity contribution >= 4 is 27.5 Å². The summed E-state index contributed by atoms with van der Waals surface area (Å²) in [6.07, 6.45) is 0. The lowest BCUT2D eigenvalue weighted by atomic mass is 10.0. The number of carbonyl (C=O) groups is 1. The van der Waals surface area contributed by atoms with Crippen LogP contribution in [0.25, 0.3) is 0 Å². The highest BCUT2D eigenvalue weighted by Crippen LogP contribution is 2.23. The molecular weight excluding hydrogens is 422 g/mol. The first-order valence-corrected chi connectivity index (χ1v) is 11.9. The van der Waals surface area contributed by atoms with Crippen molar-refractivity contribution in [2.45, 2.75) is 31.2 Å². The topological polar surface area (TPSA) is 69.7 Å². The predicted molar refractivity (Wildman–Crippen MR) is 119 cm³/mol. The van der Waals surface area contributed by atoms with E-state index in [1.807, 2.05) is 0 Å². The van der Waals surface area contributed by atoms with Gasteiger partial charge in [-0.05, 0) is 42.3 Å². The average molecular weight is 450 g/mol. The molecule has 0 radical (unpaired) electrons. The normalized spacial score (nSPS) is 15.6. The van der Waals surface area contributed by atoms with Crippen molar-refractivity contribution in [3.8, 4) is 0 Å². The molecule has 2 aromatic rings. The first-order chi connectivity index (χ1) is 14.2. The number of benzene rings is 2. The van der Waals surface area contributed by atoms with Gasteiger partial charge in [0, 0.05) is 32.7 Å². The first-order valence-electron chi connectivity index (χ1n) is 10.0. The van der Waals surface area contributed by atoms with E-state index < -0.39 is 10.0 Å². The van der Waals surface area contributed by atoms with Crippen molar-refractivity contribution in [2.75, 3.05) is 33.2 Å². The Kier molecular flexibility index (Phi) is 7.18. The molecule has 0 unspecified atom stereocenters. The summed E-state index contributed by atoms with van der Waals surface area (Å²) in [6.45, 7) is 7.86. The molecule has 0 aromatic heterocycles. The minimum Gasteiger partial charge on any atom is -0.336 e. The fourth-order valence-corrected chi connectivity index (χ4v) is 4.45. The Bertz CT molecular complexity index is 999. The Hall–Kier alpha value is -1.93. The number of nitrogens with one attached hydrogen (secondary N) is 1. The third kappa shape index (κ3) is 5.21. The lowest BCUT2D eigenvalue weighted by molar-refractivity contribution is 0.0628. The number of carbonyl (C=O) groups excluding carboxylic acids is 1. The molecule has 3 rings (SSSR count). The zero-order chi connectivity index (χ0) is 21.9. The maximum absolute atomic E-state index is 13.0. The van der Waals surface area contributed by atoms with Crippen LogP contribution in [0.5, 0.6) is 0 Å². The van der Waals surface area contributed by atoms with Crippen molar-refractivity contribution in [2.24, 2.45) is 0 Å². The van der Waals surface area contributed by atoms with Crippen LogP contribution in [-0.4, -0.2) is 57.4 Å². The highest BCUT2D eigenvalue weighted by molar-refractivity contribution is 7.89. The van der Waals surface area contributed by atoms with Crippen LogP contribution in [0.2, 0.25) is 5.02 Å². The minimum atomic E-state index is -3.64. The van der Waals surface area contributed by atoms with E-state index in [9.17, 15) is 13.2 Å². The summed E-state index contributed by atoms with van der Waals surface area (Å²) in [7, 11) is -2.31. The molecule has 0 bridgehead atoms. The molecule has 1 amide bonds. The van der Waals surface area contributed by atoms with Crippen molar-refractivity contribution < 1.29 is 13.2 Å². The van der Waals surface area contributed by atoms with Gasteiger partial charge in [0.1, 0.15) is 0 Å². The minimum absolute atomic E-state index is 0.0289. The van der Waals surface area contributed by atoms with E-state index >= 15 is 0 Å². The molecule has 1 aliphatic heterocycles. The summed E-state index contributed by atoms with van der Waals surface area (Å²) in [5.74, 6) is 0.274. The second-order valence-corrected chi connectivity index (χ2v) is 10.1. The van der Waals surface area contributed by atoms with Crippen LogP contribution in [-0.2, 0) is 16.6 Å². The molecule has 6 nitrogen and oxygen atoms in total. The molecule has 1 heterocycles. The number of hydrogen-bond donors (Lipinski definition) is 1. The number of sulfonamides is 1. The van der Waals surface area contributed by atoms with Gasteiger partial charge in [0.05, 0.1) is 15.5 Å². The Morgan fingerprint density at radius 2 is 1.70 bits per heavy atom. The fraction of sp³-hybridized carbons (Fsp3) is 0.409. The molecule has 1 saturated heterocycles. The van der Waals surface area contributed by atoms with Crippen LogP contribution in [0.1, 0.15) is 41.3 Å². The zero-order valence-electron chi connectivity index (χ0n) is 17.6. The molecule has 30 heavy (non-hydrogen) atoms. The summed E-state index contributed by atoms with van der Waals surface area (Å²) in [6, 6.07) is 12.9. The maximum Gasteiger partial charge on any atom is 0.255 e. The van der Waals surface area contributed by atoms with Crippen molar-refractivity contribution in [1.82, 2.24) is 14.5 Å². The fourth-order valence-electron chi connectivity index (χ4n) is 3.50. The van der Waals surface area contributed by atoms with Crippen LogP contribution in [0.4, 0.5) is 0 Å². The first kappa shape index (κ1) is 22.7. The number of halogens is 1. The Morgan fingerprint density at radius 1 is 1.07 bits per heavy atom. The lowest BCUT2D eigenvalue weighted by Crippen LogP contribution is -2.48. The van der Waals surface area contributed by atoms with Gasteiger partial charge in [-0.25, -0.2) is 13.1 Å². The second-order valence-electron chi connectivity index (χ2n) is 7.81. The summed E-state index contributed by atoms with van der Waals surface area (Å²) in [4.78, 5) is 17.0. The number of amides is 1. The SMILES string of the molecule is CNS(=O)(=O)c1ccc(Cl)c(C(=O)N2CCN(Cc3ccc(C(C)C)cc3)CC2)c1. The third-order valence-electron chi connectivity index (χ3n) is 5.46. The summed E-state index contributed by atoms with van der Waals surface area (Å²) < 4.78 is 26.4. The lowest BCUT2D eigenvalue weighted by Gasteiger charge is -2.35. The predicted octanol–water partition coefficient (Wildman–Crippen LogP) is 3.33. The number of nitrogens with zero attached hydrogens (tertiary/aromatic N) is 2. The van der Waals surface area contributed by atoms with Gasteiger partial charge in [0.2, 0.25) is 10.0 Å². The standard InChI is InChI=1S/C22H28ClN3O3S/c1-16(2)18-6-4-17(5-7-18)15-25-10-12-26(13-11-25)22(27)20-14-19(8-9-21(20)23)30(28,29)24-3/h4-9,14,16,24H,10-13,15H2,1-3H3.